The molecule has 23 heavy (non-hydrogen) atoms. The Balaban J connectivity index is 2.82. The Hall–Kier alpha value is -1.16. The van der Waals surface area contributed by atoms with Gasteiger partial charge in [-0.05, 0) is 31.6 Å². The van der Waals surface area contributed by atoms with Crippen molar-refractivity contribution in [2.45, 2.75) is 72.3 Å². The number of carbonyl (C=O) groups excluding carboxylic acids is 2. The minimum atomic E-state index is -1.01. The van der Waals surface area contributed by atoms with Gasteiger partial charge in [0.2, 0.25) is 0 Å². The zero-order chi connectivity index (χ0) is 17.5. The van der Waals surface area contributed by atoms with Gasteiger partial charge in [0.05, 0.1) is 24.5 Å². The number of esters is 1. The fourth-order valence-electron chi connectivity index (χ4n) is 3.16. The van der Waals surface area contributed by atoms with Gasteiger partial charge in [0.1, 0.15) is 5.78 Å². The van der Waals surface area contributed by atoms with Crippen LogP contribution in [0.4, 0.5) is 0 Å². The van der Waals surface area contributed by atoms with E-state index in [-0.39, 0.29) is 18.1 Å². The highest BCUT2D eigenvalue weighted by Gasteiger charge is 2.39. The third-order valence-electron chi connectivity index (χ3n) is 4.81. The Morgan fingerprint density at radius 2 is 1.83 bits per heavy atom. The molecule has 0 aromatic rings. The van der Waals surface area contributed by atoms with Gasteiger partial charge in [0, 0.05) is 5.92 Å². The Labute approximate surface area is 140 Å². The second-order valence-electron chi connectivity index (χ2n) is 7.46. The molecule has 0 amide bonds. The Bertz CT molecular complexity index is 425. The molecule has 0 aromatic heterocycles. The van der Waals surface area contributed by atoms with Crippen LogP contribution in [0, 0.1) is 17.3 Å². The minimum absolute atomic E-state index is 0.0247. The molecule has 132 valence electrons. The van der Waals surface area contributed by atoms with Crippen LogP contribution in [0.3, 0.4) is 0 Å². The number of aliphatic hydroxyl groups excluding tert-OH is 1. The molecule has 1 aliphatic rings. The fraction of sp³-hybridized carbons (Fsp3) is 0.789. The van der Waals surface area contributed by atoms with Crippen LogP contribution >= 0.6 is 0 Å². The topological polar surface area (TPSA) is 63.6 Å². The van der Waals surface area contributed by atoms with Crippen LogP contribution < -0.4 is 0 Å². The number of hydrogen-bond donors (Lipinski definition) is 1. The van der Waals surface area contributed by atoms with E-state index >= 15 is 0 Å². The molecule has 0 spiro atoms. The summed E-state index contributed by atoms with van der Waals surface area (Å²) in [5, 5.41) is 10.3. The Kier molecular flexibility index (Phi) is 7.97. The van der Waals surface area contributed by atoms with Gasteiger partial charge in [-0.25, -0.2) is 0 Å². The Morgan fingerprint density at radius 1 is 1.17 bits per heavy atom. The van der Waals surface area contributed by atoms with Crippen LogP contribution in [0.5, 0.6) is 0 Å². The number of carbonyl (C=O) groups is 2. The smallest absolute Gasteiger partial charge is 0.308 e. The Morgan fingerprint density at radius 3 is 2.52 bits per heavy atom. The maximum atomic E-state index is 12.7. The van der Waals surface area contributed by atoms with Crippen LogP contribution in [0.1, 0.15) is 66.2 Å². The van der Waals surface area contributed by atoms with Crippen molar-refractivity contribution in [1.82, 2.24) is 0 Å². The molecule has 0 bridgehead atoms. The summed E-state index contributed by atoms with van der Waals surface area (Å²) in [6.07, 6.45) is 7.75. The average Bonchev–Trinajstić information content (AvgIpc) is 2.47. The average molecular weight is 324 g/mol. The molecule has 3 atom stereocenters. The number of ether oxygens (including phenoxy) is 1. The highest BCUT2D eigenvalue weighted by molar-refractivity contribution is 5.87. The number of allylic oxidation sites excluding steroid dienone is 1. The van der Waals surface area contributed by atoms with Crippen molar-refractivity contribution in [2.24, 2.45) is 17.3 Å². The van der Waals surface area contributed by atoms with E-state index in [9.17, 15) is 14.7 Å². The number of ketones is 1. The van der Waals surface area contributed by atoms with Crippen molar-refractivity contribution >= 4 is 11.8 Å². The molecular formula is C19H32O4. The van der Waals surface area contributed by atoms with Crippen LogP contribution in [-0.4, -0.2) is 29.6 Å². The monoisotopic (exact) mass is 324 g/mol. The van der Waals surface area contributed by atoms with Crippen molar-refractivity contribution < 1.29 is 19.4 Å². The number of hydrogen-bond acceptors (Lipinski definition) is 4. The van der Waals surface area contributed by atoms with Crippen molar-refractivity contribution in [3.63, 3.8) is 0 Å². The fourth-order valence-corrected chi connectivity index (χ4v) is 3.16. The summed E-state index contributed by atoms with van der Waals surface area (Å²) in [5.41, 5.74) is -0.935. The van der Waals surface area contributed by atoms with Crippen molar-refractivity contribution in [3.8, 4) is 0 Å². The number of Topliss-reactive ketones (excluding diaryl/α,β-unsaturated/α-hetero) is 1. The molecule has 1 aliphatic heterocycles. The predicted molar refractivity (Wildman–Crippen MR) is 90.9 cm³/mol. The van der Waals surface area contributed by atoms with E-state index in [0.717, 1.165) is 25.7 Å². The molecular weight excluding hydrogens is 292 g/mol. The standard InChI is InChI=1S/C19H32O4/c1-14-10-8-6-5-7-9-11-23-17(21)13-16(20)19(3,4)18(22)15(2)12-14/h5,7,14-16,20H,6,8-13H2,1-4H3/b7-5-. The van der Waals surface area contributed by atoms with Gasteiger partial charge in [-0.2, -0.15) is 0 Å². The molecule has 1 N–H and O–H groups in total. The molecule has 3 unspecified atom stereocenters. The molecule has 4 nitrogen and oxygen atoms in total. The second-order valence-corrected chi connectivity index (χ2v) is 7.46. The van der Waals surface area contributed by atoms with Crippen molar-refractivity contribution in [1.29, 1.82) is 0 Å². The molecule has 4 heteroatoms. The first-order chi connectivity index (χ1) is 10.7. The lowest BCUT2D eigenvalue weighted by molar-refractivity contribution is -0.150. The number of rotatable bonds is 0. The molecule has 0 saturated heterocycles. The van der Waals surface area contributed by atoms with Gasteiger partial charge in [-0.1, -0.05) is 46.3 Å². The van der Waals surface area contributed by atoms with E-state index in [1.165, 1.54) is 0 Å². The van der Waals surface area contributed by atoms with Crippen LogP contribution in [0.2, 0.25) is 0 Å². The quantitative estimate of drug-likeness (QED) is 0.545. The van der Waals surface area contributed by atoms with Crippen LogP contribution in [-0.2, 0) is 14.3 Å². The van der Waals surface area contributed by atoms with Gasteiger partial charge in [-0.3, -0.25) is 9.59 Å². The number of cyclic esters (lactones) is 1. The normalized spacial score (nSPS) is 33.0. The first-order valence-corrected chi connectivity index (χ1v) is 8.78. The van der Waals surface area contributed by atoms with Gasteiger partial charge >= 0.3 is 5.97 Å². The van der Waals surface area contributed by atoms with Gasteiger partial charge in [0.15, 0.2) is 0 Å². The zero-order valence-corrected chi connectivity index (χ0v) is 15.0. The summed E-state index contributed by atoms with van der Waals surface area (Å²) in [7, 11) is 0. The van der Waals surface area contributed by atoms with E-state index in [0.29, 0.717) is 18.9 Å². The SMILES string of the molecule is CC1CCC/C=C\CCOC(=O)CC(O)C(C)(C)C(=O)C(C)C1. The summed E-state index contributed by atoms with van der Waals surface area (Å²) in [6.45, 7) is 7.87. The molecule has 0 saturated carbocycles. The molecule has 1 heterocycles. The first kappa shape index (κ1) is 19.9. The summed E-state index contributed by atoms with van der Waals surface area (Å²) in [5.74, 6) is -0.0567. The van der Waals surface area contributed by atoms with E-state index in [4.69, 9.17) is 4.74 Å². The van der Waals surface area contributed by atoms with Gasteiger partial charge in [0.25, 0.3) is 0 Å². The lowest BCUT2D eigenvalue weighted by Gasteiger charge is -2.32. The zero-order valence-electron chi connectivity index (χ0n) is 15.0. The largest absolute Gasteiger partial charge is 0.465 e. The van der Waals surface area contributed by atoms with E-state index in [2.05, 4.69) is 13.0 Å². The van der Waals surface area contributed by atoms with Crippen molar-refractivity contribution in [2.75, 3.05) is 6.61 Å². The third kappa shape index (κ3) is 6.46. The maximum absolute atomic E-state index is 12.7. The predicted octanol–water partition coefficient (Wildman–Crippen LogP) is 3.67. The maximum Gasteiger partial charge on any atom is 0.308 e. The minimum Gasteiger partial charge on any atom is -0.465 e. The molecule has 1 rings (SSSR count). The van der Waals surface area contributed by atoms with Crippen LogP contribution in [0.25, 0.3) is 0 Å². The summed E-state index contributed by atoms with van der Waals surface area (Å²) >= 11 is 0. The van der Waals surface area contributed by atoms with E-state index in [1.807, 2.05) is 13.0 Å². The highest BCUT2D eigenvalue weighted by Crippen LogP contribution is 2.31. The third-order valence-corrected chi connectivity index (χ3v) is 4.81. The summed E-state index contributed by atoms with van der Waals surface area (Å²) < 4.78 is 5.12. The van der Waals surface area contributed by atoms with E-state index < -0.39 is 17.5 Å². The van der Waals surface area contributed by atoms with Gasteiger partial charge < -0.3 is 9.84 Å². The molecule has 0 aliphatic carbocycles. The van der Waals surface area contributed by atoms with Crippen LogP contribution in [0.15, 0.2) is 12.2 Å². The highest BCUT2D eigenvalue weighted by atomic mass is 16.5. The first-order valence-electron chi connectivity index (χ1n) is 8.78. The summed E-state index contributed by atoms with van der Waals surface area (Å²) in [4.78, 5) is 24.5. The molecule has 0 aromatic carbocycles. The molecule has 0 fully saturated rings. The van der Waals surface area contributed by atoms with E-state index in [1.54, 1.807) is 13.8 Å². The van der Waals surface area contributed by atoms with Crippen molar-refractivity contribution in [3.05, 3.63) is 12.2 Å². The number of aliphatic hydroxyl groups is 1. The summed E-state index contributed by atoms with van der Waals surface area (Å²) in [6, 6.07) is 0. The molecule has 0 radical (unpaired) electrons. The lowest BCUT2D eigenvalue weighted by Crippen LogP contribution is -2.42. The van der Waals surface area contributed by atoms with Gasteiger partial charge in [-0.15, -0.1) is 0 Å². The lowest BCUT2D eigenvalue weighted by atomic mass is 9.74. The second kappa shape index (κ2) is 9.21.